The first-order valence-electron chi connectivity index (χ1n) is 11.4. The summed E-state index contributed by atoms with van der Waals surface area (Å²) in [6.07, 6.45) is 0. The standard InChI is InChI=1S/C30H25NO6/c1-35-28(32)21-10-4-18(5-11-21)24-16-25(19-6-12-22(13-7-19)29(33)36-2)27(31)26(17-24)20-8-14-23(15-9-20)30(34)37-3/h4-17H,31H2,1-3H3. The van der Waals surface area contributed by atoms with E-state index in [2.05, 4.69) is 0 Å². The van der Waals surface area contributed by atoms with E-state index in [0.29, 0.717) is 22.4 Å². The van der Waals surface area contributed by atoms with Crippen molar-refractivity contribution in [3.8, 4) is 33.4 Å². The first-order chi connectivity index (χ1) is 17.9. The molecule has 0 bridgehead atoms. The van der Waals surface area contributed by atoms with Crippen molar-refractivity contribution in [2.75, 3.05) is 27.1 Å². The molecule has 0 aromatic heterocycles. The molecule has 7 nitrogen and oxygen atoms in total. The van der Waals surface area contributed by atoms with E-state index in [1.54, 1.807) is 36.4 Å². The van der Waals surface area contributed by atoms with Crippen LogP contribution in [0.3, 0.4) is 0 Å². The number of carbonyl (C=O) groups excluding carboxylic acids is 3. The lowest BCUT2D eigenvalue weighted by atomic mass is 9.90. The zero-order valence-corrected chi connectivity index (χ0v) is 20.6. The van der Waals surface area contributed by atoms with Gasteiger partial charge in [0, 0.05) is 16.8 Å². The number of hydrogen-bond acceptors (Lipinski definition) is 7. The second kappa shape index (κ2) is 10.8. The second-order valence-electron chi connectivity index (χ2n) is 8.19. The van der Waals surface area contributed by atoms with Gasteiger partial charge >= 0.3 is 17.9 Å². The van der Waals surface area contributed by atoms with Crippen LogP contribution in [0.4, 0.5) is 5.69 Å². The topological polar surface area (TPSA) is 105 Å². The van der Waals surface area contributed by atoms with Crippen LogP contribution in [0.25, 0.3) is 33.4 Å². The quantitative estimate of drug-likeness (QED) is 0.210. The van der Waals surface area contributed by atoms with Crippen LogP contribution in [0.15, 0.2) is 84.9 Å². The summed E-state index contributed by atoms with van der Waals surface area (Å²) < 4.78 is 14.4. The molecule has 4 aromatic carbocycles. The highest BCUT2D eigenvalue weighted by molar-refractivity contribution is 5.96. The summed E-state index contributed by atoms with van der Waals surface area (Å²) in [4.78, 5) is 35.7. The molecule has 4 rings (SSSR count). The summed E-state index contributed by atoms with van der Waals surface area (Å²) in [5, 5.41) is 0. The third-order valence-electron chi connectivity index (χ3n) is 6.05. The average molecular weight is 496 g/mol. The maximum absolute atomic E-state index is 11.9. The van der Waals surface area contributed by atoms with Crippen LogP contribution in [0.1, 0.15) is 31.1 Å². The highest BCUT2D eigenvalue weighted by Crippen LogP contribution is 2.39. The Hall–Kier alpha value is -4.91. The molecule has 0 atom stereocenters. The number of nitrogen functional groups attached to an aromatic ring is 1. The van der Waals surface area contributed by atoms with E-state index in [-0.39, 0.29) is 0 Å². The second-order valence-corrected chi connectivity index (χ2v) is 8.19. The van der Waals surface area contributed by atoms with Gasteiger partial charge in [-0.15, -0.1) is 0 Å². The smallest absolute Gasteiger partial charge is 0.337 e. The van der Waals surface area contributed by atoms with Crippen molar-refractivity contribution in [1.82, 2.24) is 0 Å². The Bertz CT molecular complexity index is 1380. The summed E-state index contributed by atoms with van der Waals surface area (Å²) in [5.41, 5.74) is 13.4. The predicted octanol–water partition coefficient (Wildman–Crippen LogP) is 5.63. The van der Waals surface area contributed by atoms with E-state index in [9.17, 15) is 14.4 Å². The van der Waals surface area contributed by atoms with Gasteiger partial charge in [0.25, 0.3) is 0 Å². The number of nitrogens with two attached hydrogens (primary N) is 1. The van der Waals surface area contributed by atoms with Gasteiger partial charge in [-0.3, -0.25) is 0 Å². The molecule has 0 spiro atoms. The summed E-state index contributed by atoms with van der Waals surface area (Å²) in [7, 11) is 4.01. The monoisotopic (exact) mass is 495 g/mol. The largest absolute Gasteiger partial charge is 0.465 e. The zero-order chi connectivity index (χ0) is 26.5. The van der Waals surface area contributed by atoms with Crippen LogP contribution < -0.4 is 5.73 Å². The van der Waals surface area contributed by atoms with Gasteiger partial charge in [0.05, 0.1) is 38.0 Å². The maximum atomic E-state index is 11.9. The van der Waals surface area contributed by atoms with Gasteiger partial charge < -0.3 is 19.9 Å². The highest BCUT2D eigenvalue weighted by Gasteiger charge is 2.15. The molecule has 0 amide bonds. The summed E-state index contributed by atoms with van der Waals surface area (Å²) in [6.45, 7) is 0. The minimum absolute atomic E-state index is 0.415. The lowest BCUT2D eigenvalue weighted by Crippen LogP contribution is -2.02. The predicted molar refractivity (Wildman–Crippen MR) is 141 cm³/mol. The van der Waals surface area contributed by atoms with Gasteiger partial charge in [-0.1, -0.05) is 36.4 Å². The highest BCUT2D eigenvalue weighted by atomic mass is 16.5. The Balaban J connectivity index is 1.86. The van der Waals surface area contributed by atoms with Gasteiger partial charge in [-0.2, -0.15) is 0 Å². The van der Waals surface area contributed by atoms with Crippen molar-refractivity contribution >= 4 is 23.6 Å². The van der Waals surface area contributed by atoms with Crippen LogP contribution in [-0.2, 0) is 14.2 Å². The van der Waals surface area contributed by atoms with Crippen molar-refractivity contribution in [2.24, 2.45) is 0 Å². The summed E-state index contributed by atoms with van der Waals surface area (Å²) in [5.74, 6) is -1.27. The molecule has 0 unspecified atom stereocenters. The molecule has 37 heavy (non-hydrogen) atoms. The van der Waals surface area contributed by atoms with E-state index in [4.69, 9.17) is 19.9 Å². The molecule has 0 aliphatic carbocycles. The number of carbonyl (C=O) groups is 3. The normalized spacial score (nSPS) is 10.5. The molecule has 186 valence electrons. The van der Waals surface area contributed by atoms with E-state index >= 15 is 0 Å². The molecular formula is C30H25NO6. The fourth-order valence-corrected chi connectivity index (χ4v) is 4.02. The fourth-order valence-electron chi connectivity index (χ4n) is 4.02. The average Bonchev–Trinajstić information content (AvgIpc) is 2.96. The number of ether oxygens (including phenoxy) is 3. The Kier molecular flexibility index (Phi) is 7.34. The minimum Gasteiger partial charge on any atom is -0.465 e. The third kappa shape index (κ3) is 5.21. The SMILES string of the molecule is COC(=O)c1ccc(-c2cc(-c3ccc(C(=O)OC)cc3)c(N)c(-c3ccc(C(=O)OC)cc3)c2)cc1. The molecular weight excluding hydrogens is 470 g/mol. The molecule has 0 radical (unpaired) electrons. The fraction of sp³-hybridized carbons (Fsp3) is 0.100. The molecule has 2 N–H and O–H groups in total. The number of anilines is 1. The van der Waals surface area contributed by atoms with Crippen molar-refractivity contribution in [3.63, 3.8) is 0 Å². The van der Waals surface area contributed by atoms with Crippen molar-refractivity contribution in [3.05, 3.63) is 102 Å². The zero-order valence-electron chi connectivity index (χ0n) is 20.6. The number of hydrogen-bond donors (Lipinski definition) is 1. The van der Waals surface area contributed by atoms with Crippen LogP contribution in [0.2, 0.25) is 0 Å². The van der Waals surface area contributed by atoms with Gasteiger partial charge in [-0.25, -0.2) is 14.4 Å². The van der Waals surface area contributed by atoms with Crippen LogP contribution in [-0.4, -0.2) is 39.2 Å². The maximum Gasteiger partial charge on any atom is 0.337 e. The molecule has 0 aliphatic heterocycles. The molecule has 4 aromatic rings. The molecule has 7 heteroatoms. The number of esters is 3. The number of benzene rings is 4. The Labute approximate surface area is 214 Å². The Morgan fingerprint density at radius 1 is 0.486 bits per heavy atom. The van der Waals surface area contributed by atoms with Gasteiger partial charge in [0.2, 0.25) is 0 Å². The Morgan fingerprint density at radius 3 is 1.08 bits per heavy atom. The lowest BCUT2D eigenvalue weighted by Gasteiger charge is -2.16. The van der Waals surface area contributed by atoms with E-state index in [0.717, 1.165) is 33.4 Å². The van der Waals surface area contributed by atoms with E-state index in [1.807, 2.05) is 48.5 Å². The van der Waals surface area contributed by atoms with Crippen molar-refractivity contribution in [2.45, 2.75) is 0 Å². The molecule has 0 saturated heterocycles. The van der Waals surface area contributed by atoms with E-state index in [1.165, 1.54) is 21.3 Å². The Morgan fingerprint density at radius 2 is 0.784 bits per heavy atom. The number of rotatable bonds is 6. The molecule has 0 heterocycles. The first kappa shape index (κ1) is 25.2. The first-order valence-corrected chi connectivity index (χ1v) is 11.4. The van der Waals surface area contributed by atoms with Gasteiger partial charge in [0.15, 0.2) is 0 Å². The van der Waals surface area contributed by atoms with Gasteiger partial charge in [0.1, 0.15) is 0 Å². The van der Waals surface area contributed by atoms with Crippen LogP contribution in [0, 0.1) is 0 Å². The lowest BCUT2D eigenvalue weighted by molar-refractivity contribution is 0.0592. The van der Waals surface area contributed by atoms with E-state index < -0.39 is 17.9 Å². The van der Waals surface area contributed by atoms with Gasteiger partial charge in [-0.05, 0) is 70.8 Å². The third-order valence-corrected chi connectivity index (χ3v) is 6.05. The molecule has 0 saturated carbocycles. The molecule has 0 fully saturated rings. The van der Waals surface area contributed by atoms with Crippen molar-refractivity contribution in [1.29, 1.82) is 0 Å². The number of methoxy groups -OCH3 is 3. The summed E-state index contributed by atoms with van der Waals surface area (Å²) in [6, 6.07) is 25.0. The summed E-state index contributed by atoms with van der Waals surface area (Å²) >= 11 is 0. The molecule has 0 aliphatic rings. The van der Waals surface area contributed by atoms with Crippen LogP contribution in [0.5, 0.6) is 0 Å². The van der Waals surface area contributed by atoms with Crippen molar-refractivity contribution < 1.29 is 28.6 Å². The minimum atomic E-state index is -0.426. The van der Waals surface area contributed by atoms with Crippen LogP contribution >= 0.6 is 0 Å².